The lowest BCUT2D eigenvalue weighted by Gasteiger charge is -2.18. The van der Waals surface area contributed by atoms with Crippen LogP contribution < -0.4 is 14.8 Å². The number of carbonyl (C=O) groups excluding carboxylic acids is 1. The van der Waals surface area contributed by atoms with Crippen LogP contribution >= 0.6 is 0 Å². The fourth-order valence-corrected chi connectivity index (χ4v) is 3.39. The molecule has 1 aliphatic rings. The summed E-state index contributed by atoms with van der Waals surface area (Å²) in [6.45, 7) is 0.830. The lowest BCUT2D eigenvalue weighted by atomic mass is 9.88. The van der Waals surface area contributed by atoms with Gasteiger partial charge in [-0.25, -0.2) is 0 Å². The Kier molecular flexibility index (Phi) is 5.52. The number of pyridine rings is 1. The first-order chi connectivity index (χ1) is 13.8. The quantitative estimate of drug-likeness (QED) is 0.685. The molecule has 0 fully saturated rings. The Morgan fingerprint density at radius 1 is 1.00 bits per heavy atom. The molecule has 4 rings (SSSR count). The summed E-state index contributed by atoms with van der Waals surface area (Å²) in [4.78, 5) is 16.7. The Balaban J connectivity index is 1.46. The highest BCUT2D eigenvalue weighted by Gasteiger charge is 2.21. The maximum absolute atomic E-state index is 12.6. The van der Waals surface area contributed by atoms with Gasteiger partial charge in [-0.05, 0) is 41.3 Å². The minimum absolute atomic E-state index is 0.0235. The van der Waals surface area contributed by atoms with Crippen LogP contribution in [0.15, 0.2) is 73.1 Å². The van der Waals surface area contributed by atoms with Gasteiger partial charge >= 0.3 is 0 Å². The van der Waals surface area contributed by atoms with Gasteiger partial charge in [-0.3, -0.25) is 9.78 Å². The normalized spacial score (nSPS) is 13.1. The molecule has 3 aromatic rings. The second-order valence-corrected chi connectivity index (χ2v) is 6.74. The summed E-state index contributed by atoms with van der Waals surface area (Å²) in [7, 11) is 0. The molecule has 1 atom stereocenters. The standard InChI is InChI=1S/C23H22N2O3/c26-23(25-12-10-17-5-4-11-24-15-17)14-20(18-6-2-1-3-7-18)19-8-9-21-22(13-19)28-16-27-21/h1-9,11,13,15,20H,10,12,14,16H2,(H,25,26)/t20-/m0/s1. The molecule has 0 saturated carbocycles. The number of amides is 1. The highest BCUT2D eigenvalue weighted by atomic mass is 16.7. The summed E-state index contributed by atoms with van der Waals surface area (Å²) < 4.78 is 10.9. The number of hydrogen-bond acceptors (Lipinski definition) is 4. The van der Waals surface area contributed by atoms with Crippen molar-refractivity contribution in [3.63, 3.8) is 0 Å². The van der Waals surface area contributed by atoms with Gasteiger partial charge in [-0.1, -0.05) is 42.5 Å². The first-order valence-electron chi connectivity index (χ1n) is 9.40. The number of hydrogen-bond donors (Lipinski definition) is 1. The van der Waals surface area contributed by atoms with Crippen molar-refractivity contribution in [3.8, 4) is 11.5 Å². The fourth-order valence-electron chi connectivity index (χ4n) is 3.39. The minimum Gasteiger partial charge on any atom is -0.454 e. The van der Waals surface area contributed by atoms with E-state index in [9.17, 15) is 4.79 Å². The number of carbonyl (C=O) groups is 1. The number of aromatic nitrogens is 1. The maximum atomic E-state index is 12.6. The van der Waals surface area contributed by atoms with Crippen LogP contribution in [0.1, 0.15) is 29.0 Å². The largest absolute Gasteiger partial charge is 0.454 e. The molecule has 1 aliphatic heterocycles. The van der Waals surface area contributed by atoms with E-state index in [1.54, 1.807) is 6.20 Å². The van der Waals surface area contributed by atoms with Gasteiger partial charge in [0.05, 0.1) is 0 Å². The van der Waals surface area contributed by atoms with Crippen molar-refractivity contribution in [2.75, 3.05) is 13.3 Å². The molecule has 0 spiro atoms. The molecule has 5 nitrogen and oxygen atoms in total. The molecular weight excluding hydrogens is 352 g/mol. The summed E-state index contributed by atoms with van der Waals surface area (Å²) in [5, 5.41) is 3.03. The average Bonchev–Trinajstić information content (AvgIpc) is 3.21. The molecule has 5 heteroatoms. The molecule has 2 aromatic carbocycles. The summed E-state index contributed by atoms with van der Waals surface area (Å²) in [5.74, 6) is 1.46. The Hall–Kier alpha value is -3.34. The van der Waals surface area contributed by atoms with Gasteiger partial charge < -0.3 is 14.8 Å². The number of fused-ring (bicyclic) bond motifs is 1. The Bertz CT molecular complexity index is 929. The monoisotopic (exact) mass is 374 g/mol. The van der Waals surface area contributed by atoms with Crippen LogP contribution in [0.5, 0.6) is 11.5 Å². The van der Waals surface area contributed by atoms with Gasteiger partial charge in [0, 0.05) is 31.3 Å². The smallest absolute Gasteiger partial charge is 0.231 e. The van der Waals surface area contributed by atoms with E-state index in [2.05, 4.69) is 22.4 Å². The second kappa shape index (κ2) is 8.57. The molecular formula is C23H22N2O3. The topological polar surface area (TPSA) is 60.5 Å². The summed E-state index contributed by atoms with van der Waals surface area (Å²) in [5.41, 5.74) is 3.25. The summed E-state index contributed by atoms with van der Waals surface area (Å²) >= 11 is 0. The van der Waals surface area contributed by atoms with Crippen molar-refractivity contribution in [3.05, 3.63) is 89.7 Å². The van der Waals surface area contributed by atoms with Gasteiger partial charge in [0.25, 0.3) is 0 Å². The third-order valence-electron chi connectivity index (χ3n) is 4.85. The van der Waals surface area contributed by atoms with Crippen molar-refractivity contribution >= 4 is 5.91 Å². The summed E-state index contributed by atoms with van der Waals surface area (Å²) in [6.07, 6.45) is 4.71. The molecule has 1 N–H and O–H groups in total. The van der Waals surface area contributed by atoms with E-state index in [1.165, 1.54) is 0 Å². The molecule has 1 amide bonds. The van der Waals surface area contributed by atoms with E-state index >= 15 is 0 Å². The number of ether oxygens (including phenoxy) is 2. The number of nitrogens with one attached hydrogen (secondary N) is 1. The Morgan fingerprint density at radius 2 is 1.86 bits per heavy atom. The molecule has 2 heterocycles. The van der Waals surface area contributed by atoms with Crippen molar-refractivity contribution in [1.29, 1.82) is 0 Å². The first-order valence-corrected chi connectivity index (χ1v) is 9.40. The second-order valence-electron chi connectivity index (χ2n) is 6.74. The zero-order valence-electron chi connectivity index (χ0n) is 15.5. The molecule has 28 heavy (non-hydrogen) atoms. The van der Waals surface area contributed by atoms with Crippen LogP contribution in [0, 0.1) is 0 Å². The first kappa shape index (κ1) is 18.0. The van der Waals surface area contributed by atoms with Gasteiger partial charge in [-0.15, -0.1) is 0 Å². The van der Waals surface area contributed by atoms with E-state index in [1.807, 2.05) is 54.7 Å². The Labute approximate surface area is 164 Å². The van der Waals surface area contributed by atoms with Crippen molar-refractivity contribution in [2.24, 2.45) is 0 Å². The SMILES string of the molecule is O=C(C[C@@H](c1ccccc1)c1ccc2c(c1)OCO2)NCCc1cccnc1. The molecule has 0 saturated heterocycles. The molecule has 142 valence electrons. The lowest BCUT2D eigenvalue weighted by Crippen LogP contribution is -2.27. The van der Waals surface area contributed by atoms with Crippen LogP contribution in [0.3, 0.4) is 0 Å². The number of rotatable bonds is 7. The van der Waals surface area contributed by atoms with Crippen molar-refractivity contribution < 1.29 is 14.3 Å². The van der Waals surface area contributed by atoms with Gasteiger partial charge in [-0.2, -0.15) is 0 Å². The number of nitrogens with zero attached hydrogens (tertiary/aromatic N) is 1. The Morgan fingerprint density at radius 3 is 2.68 bits per heavy atom. The summed E-state index contributed by atoms with van der Waals surface area (Å²) in [6, 6.07) is 19.9. The van der Waals surface area contributed by atoms with Crippen LogP contribution in [0.4, 0.5) is 0 Å². The molecule has 0 aliphatic carbocycles. The van der Waals surface area contributed by atoms with Crippen molar-refractivity contribution in [1.82, 2.24) is 10.3 Å². The van der Waals surface area contributed by atoms with E-state index in [4.69, 9.17) is 9.47 Å². The fraction of sp³-hybridized carbons (Fsp3) is 0.217. The predicted molar refractivity (Wildman–Crippen MR) is 106 cm³/mol. The zero-order valence-corrected chi connectivity index (χ0v) is 15.5. The van der Waals surface area contributed by atoms with E-state index < -0.39 is 0 Å². The van der Waals surface area contributed by atoms with E-state index in [0.29, 0.717) is 13.0 Å². The maximum Gasteiger partial charge on any atom is 0.231 e. The third kappa shape index (κ3) is 4.31. The van der Waals surface area contributed by atoms with Gasteiger partial charge in [0.2, 0.25) is 12.7 Å². The van der Waals surface area contributed by atoms with Crippen molar-refractivity contribution in [2.45, 2.75) is 18.8 Å². The average molecular weight is 374 g/mol. The highest BCUT2D eigenvalue weighted by Crippen LogP contribution is 2.37. The molecule has 0 unspecified atom stereocenters. The zero-order chi connectivity index (χ0) is 19.2. The molecule has 0 bridgehead atoms. The van der Waals surface area contributed by atoms with Crippen LogP contribution in [-0.4, -0.2) is 24.2 Å². The van der Waals surface area contributed by atoms with Gasteiger partial charge in [0.15, 0.2) is 11.5 Å². The molecule has 1 aromatic heterocycles. The highest BCUT2D eigenvalue weighted by molar-refractivity contribution is 5.77. The van der Waals surface area contributed by atoms with E-state index in [-0.39, 0.29) is 18.6 Å². The van der Waals surface area contributed by atoms with Crippen LogP contribution in [0.25, 0.3) is 0 Å². The van der Waals surface area contributed by atoms with E-state index in [0.717, 1.165) is 34.6 Å². The number of benzene rings is 2. The molecule has 0 radical (unpaired) electrons. The van der Waals surface area contributed by atoms with Gasteiger partial charge in [0.1, 0.15) is 0 Å². The predicted octanol–water partition coefficient (Wildman–Crippen LogP) is 3.69. The lowest BCUT2D eigenvalue weighted by molar-refractivity contribution is -0.121. The minimum atomic E-state index is -0.0471. The van der Waals surface area contributed by atoms with Crippen LogP contribution in [-0.2, 0) is 11.2 Å². The third-order valence-corrected chi connectivity index (χ3v) is 4.85. The van der Waals surface area contributed by atoms with Crippen LogP contribution in [0.2, 0.25) is 0 Å².